The summed E-state index contributed by atoms with van der Waals surface area (Å²) in [5, 5.41) is 0. The molecule has 1 unspecified atom stereocenters. The van der Waals surface area contributed by atoms with Crippen LogP contribution in [0, 0.1) is 19.7 Å². The second kappa shape index (κ2) is 7.76. The fourth-order valence-electron chi connectivity index (χ4n) is 3.85. The fourth-order valence-corrected chi connectivity index (χ4v) is 3.85. The van der Waals surface area contributed by atoms with Crippen molar-refractivity contribution < 1.29 is 4.39 Å². The molecule has 0 saturated heterocycles. The topological polar surface area (TPSA) is 55.0 Å². The smallest absolute Gasteiger partial charge is 0.164 e. The van der Waals surface area contributed by atoms with Gasteiger partial charge in [0.2, 0.25) is 0 Å². The highest BCUT2D eigenvalue weighted by Gasteiger charge is 2.27. The van der Waals surface area contributed by atoms with Gasteiger partial charge in [0, 0.05) is 18.2 Å². The van der Waals surface area contributed by atoms with Crippen molar-refractivity contribution in [3.8, 4) is 11.4 Å². The normalized spacial score (nSPS) is 15.7. The van der Waals surface area contributed by atoms with E-state index in [1.165, 1.54) is 11.6 Å². The third-order valence-electron chi connectivity index (χ3n) is 5.55. The van der Waals surface area contributed by atoms with E-state index in [-0.39, 0.29) is 24.3 Å². The molecule has 0 radical (unpaired) electrons. The minimum Gasteiger partial charge on any atom is -0.384 e. The number of nitrogen functional groups attached to an aromatic ring is 1. The Morgan fingerprint density at radius 1 is 1.11 bits per heavy atom. The number of benzene rings is 2. The van der Waals surface area contributed by atoms with Gasteiger partial charge in [-0.3, -0.25) is 0 Å². The highest BCUT2D eigenvalue weighted by Crippen LogP contribution is 2.35. The summed E-state index contributed by atoms with van der Waals surface area (Å²) in [5.41, 5.74) is 11.3. The lowest BCUT2D eigenvalue weighted by atomic mass is 9.93. The third kappa shape index (κ3) is 3.42. The van der Waals surface area contributed by atoms with Crippen molar-refractivity contribution in [2.45, 2.75) is 33.2 Å². The second-order valence-corrected chi connectivity index (χ2v) is 7.15. The van der Waals surface area contributed by atoms with Crippen molar-refractivity contribution in [3.05, 3.63) is 70.5 Å². The van der Waals surface area contributed by atoms with Crippen LogP contribution in [0.3, 0.4) is 0 Å². The van der Waals surface area contributed by atoms with E-state index in [0.29, 0.717) is 24.6 Å². The van der Waals surface area contributed by atoms with E-state index >= 15 is 0 Å². The maximum atomic E-state index is 14.1. The summed E-state index contributed by atoms with van der Waals surface area (Å²) in [6.07, 6.45) is 0.648. The van der Waals surface area contributed by atoms with Crippen LogP contribution < -0.4 is 10.6 Å². The Kier molecular flexibility index (Phi) is 5.57. The monoisotopic (exact) mass is 398 g/mol. The zero-order valence-corrected chi connectivity index (χ0v) is 17.1. The van der Waals surface area contributed by atoms with Gasteiger partial charge in [-0.05, 0) is 55.5 Å². The summed E-state index contributed by atoms with van der Waals surface area (Å²) in [6.45, 7) is 6.91. The van der Waals surface area contributed by atoms with Crippen LogP contribution in [0.25, 0.3) is 11.4 Å². The number of nitrogens with zero attached hydrogens (tertiary/aromatic N) is 3. The zero-order chi connectivity index (χ0) is 19.1. The van der Waals surface area contributed by atoms with Crippen LogP contribution in [0.5, 0.6) is 0 Å². The largest absolute Gasteiger partial charge is 0.384 e. The molecule has 4 rings (SSSR count). The van der Waals surface area contributed by atoms with E-state index in [9.17, 15) is 4.39 Å². The first kappa shape index (κ1) is 20.1. The van der Waals surface area contributed by atoms with E-state index in [0.717, 1.165) is 28.1 Å². The number of halogens is 2. The van der Waals surface area contributed by atoms with Crippen LogP contribution in [0.2, 0.25) is 0 Å². The summed E-state index contributed by atoms with van der Waals surface area (Å²) in [4.78, 5) is 11.5. The predicted molar refractivity (Wildman–Crippen MR) is 114 cm³/mol. The highest BCUT2D eigenvalue weighted by atomic mass is 35.5. The molecule has 0 saturated carbocycles. The molecule has 0 aliphatic carbocycles. The molecule has 1 aliphatic rings. The zero-order valence-electron chi connectivity index (χ0n) is 16.2. The molecule has 1 atom stereocenters. The minimum absolute atomic E-state index is 0. The first-order valence-corrected chi connectivity index (χ1v) is 9.21. The van der Waals surface area contributed by atoms with Crippen LogP contribution in [0.4, 0.5) is 16.0 Å². The summed E-state index contributed by atoms with van der Waals surface area (Å²) in [7, 11) is 0. The summed E-state index contributed by atoms with van der Waals surface area (Å²) in [5.74, 6) is 1.72. The molecule has 2 N–H and O–H groups in total. The van der Waals surface area contributed by atoms with Crippen molar-refractivity contribution in [2.75, 3.05) is 17.2 Å². The second-order valence-electron chi connectivity index (χ2n) is 7.15. The van der Waals surface area contributed by atoms with E-state index in [1.54, 1.807) is 12.1 Å². The van der Waals surface area contributed by atoms with Crippen LogP contribution in [0.15, 0.2) is 42.5 Å². The summed E-state index contributed by atoms with van der Waals surface area (Å²) in [6, 6.07) is 13.2. The molecule has 3 aromatic rings. The number of rotatable bonds is 2. The average Bonchev–Trinajstić information content (AvgIpc) is 2.64. The Morgan fingerprint density at radius 3 is 2.64 bits per heavy atom. The van der Waals surface area contributed by atoms with Crippen LogP contribution in [-0.4, -0.2) is 16.5 Å². The molecule has 0 amide bonds. The number of anilines is 2. The van der Waals surface area contributed by atoms with Gasteiger partial charge in [-0.25, -0.2) is 14.4 Å². The van der Waals surface area contributed by atoms with Gasteiger partial charge in [-0.1, -0.05) is 30.3 Å². The van der Waals surface area contributed by atoms with Gasteiger partial charge in [-0.2, -0.15) is 0 Å². The quantitative estimate of drug-likeness (QED) is 0.658. The van der Waals surface area contributed by atoms with Crippen LogP contribution in [-0.2, 0) is 6.42 Å². The fraction of sp³-hybridized carbons (Fsp3) is 0.273. The Labute approximate surface area is 171 Å². The van der Waals surface area contributed by atoms with E-state index in [4.69, 9.17) is 10.7 Å². The van der Waals surface area contributed by atoms with Crippen molar-refractivity contribution in [1.82, 2.24) is 9.97 Å². The summed E-state index contributed by atoms with van der Waals surface area (Å²) >= 11 is 0. The third-order valence-corrected chi connectivity index (χ3v) is 5.55. The Bertz CT molecular complexity index is 1020. The number of fused-ring (bicyclic) bond motifs is 1. The SMILES string of the molecule is Cc1cccc(-c2nc(N)cc(N3CCc4c(F)cccc4C3C)n2)c1C.Cl. The standard InChI is InChI=1S/C22H23FN4.ClH/c1-13-6-4-7-16(14(13)2)22-25-20(24)12-21(26-22)27-11-10-18-17(15(27)3)8-5-9-19(18)23;/h4-9,12,15H,10-11H2,1-3H3,(H2,24,25,26);1H. The molecule has 1 aliphatic heterocycles. The molecule has 1 aromatic heterocycles. The lowest BCUT2D eigenvalue weighted by Gasteiger charge is -2.36. The Morgan fingerprint density at radius 2 is 1.86 bits per heavy atom. The molecule has 28 heavy (non-hydrogen) atoms. The van der Waals surface area contributed by atoms with Crippen molar-refractivity contribution >= 4 is 24.0 Å². The molecule has 146 valence electrons. The van der Waals surface area contributed by atoms with Crippen molar-refractivity contribution in [2.24, 2.45) is 0 Å². The predicted octanol–water partition coefficient (Wildman–Crippen LogP) is 5.03. The number of hydrogen-bond acceptors (Lipinski definition) is 4. The first-order chi connectivity index (χ1) is 13.0. The lowest BCUT2D eigenvalue weighted by molar-refractivity contribution is 0.560. The molecular weight excluding hydrogens is 375 g/mol. The molecule has 2 aromatic carbocycles. The maximum absolute atomic E-state index is 14.1. The van der Waals surface area contributed by atoms with Crippen molar-refractivity contribution in [3.63, 3.8) is 0 Å². The van der Waals surface area contributed by atoms with E-state index < -0.39 is 0 Å². The van der Waals surface area contributed by atoms with Gasteiger partial charge in [0.25, 0.3) is 0 Å². The number of hydrogen-bond donors (Lipinski definition) is 1. The molecule has 0 fully saturated rings. The molecule has 6 heteroatoms. The Balaban J connectivity index is 0.00000225. The Hall–Kier alpha value is -2.66. The highest BCUT2D eigenvalue weighted by molar-refractivity contribution is 5.85. The molecule has 4 nitrogen and oxygen atoms in total. The number of aromatic nitrogens is 2. The maximum Gasteiger partial charge on any atom is 0.164 e. The summed E-state index contributed by atoms with van der Waals surface area (Å²) < 4.78 is 14.1. The molecule has 2 heterocycles. The van der Waals surface area contributed by atoms with Gasteiger partial charge in [0.1, 0.15) is 17.5 Å². The van der Waals surface area contributed by atoms with Gasteiger partial charge in [0.15, 0.2) is 5.82 Å². The molecule has 0 bridgehead atoms. The lowest BCUT2D eigenvalue weighted by Crippen LogP contribution is -2.35. The van der Waals surface area contributed by atoms with Crippen LogP contribution >= 0.6 is 12.4 Å². The van der Waals surface area contributed by atoms with Gasteiger partial charge in [-0.15, -0.1) is 12.4 Å². The average molecular weight is 399 g/mol. The van der Waals surface area contributed by atoms with Gasteiger partial charge in [0.05, 0.1) is 6.04 Å². The molecule has 0 spiro atoms. The number of aryl methyl sites for hydroxylation is 1. The minimum atomic E-state index is -0.128. The number of nitrogens with two attached hydrogens (primary N) is 1. The van der Waals surface area contributed by atoms with E-state index in [2.05, 4.69) is 36.7 Å². The van der Waals surface area contributed by atoms with E-state index in [1.807, 2.05) is 18.2 Å². The van der Waals surface area contributed by atoms with Crippen molar-refractivity contribution in [1.29, 1.82) is 0 Å². The van der Waals surface area contributed by atoms with Gasteiger partial charge < -0.3 is 10.6 Å². The van der Waals surface area contributed by atoms with Crippen LogP contribution in [0.1, 0.15) is 35.2 Å². The first-order valence-electron chi connectivity index (χ1n) is 9.21. The van der Waals surface area contributed by atoms with Gasteiger partial charge >= 0.3 is 0 Å². The molecular formula is C22H24ClFN4.